The Morgan fingerprint density at radius 3 is 1.03 bits per heavy atom. The highest BCUT2D eigenvalue weighted by Gasteiger charge is 2.58. The van der Waals surface area contributed by atoms with Gasteiger partial charge in [-0.2, -0.15) is 0 Å². The van der Waals surface area contributed by atoms with Crippen LogP contribution in [0.3, 0.4) is 0 Å². The molecule has 4 aromatic rings. The topological polar surface area (TPSA) is 0 Å². The van der Waals surface area contributed by atoms with Crippen LogP contribution >= 0.6 is 7.26 Å². The first-order chi connectivity index (χ1) is 13.7. The number of rotatable bonds is 5. The van der Waals surface area contributed by atoms with E-state index in [4.69, 9.17) is 0 Å². The minimum absolute atomic E-state index is 0. The summed E-state index contributed by atoms with van der Waals surface area (Å²) in [6, 6.07) is 44.3. The molecule has 4 aromatic carbocycles. The molecule has 0 radical (unpaired) electrons. The predicted octanol–water partition coefficient (Wildman–Crippen LogP) is 2.92. The molecule has 0 fully saturated rings. The lowest BCUT2D eigenvalue weighted by Gasteiger charge is -2.41. The molecule has 0 heterocycles. The van der Waals surface area contributed by atoms with Crippen molar-refractivity contribution in [2.24, 2.45) is 0 Å². The molecule has 0 aliphatic rings. The van der Waals surface area contributed by atoms with Gasteiger partial charge in [-0.25, -0.2) is 0 Å². The summed E-state index contributed by atoms with van der Waals surface area (Å²) in [4.78, 5) is 0. The summed E-state index contributed by atoms with van der Waals surface area (Å²) in [5.41, 5.74) is 1.37. The monoisotopic (exact) mass is 416 g/mol. The van der Waals surface area contributed by atoms with Crippen LogP contribution in [0.1, 0.15) is 19.4 Å². The van der Waals surface area contributed by atoms with Gasteiger partial charge in [-0.3, -0.25) is 0 Å². The van der Waals surface area contributed by atoms with Gasteiger partial charge in [0.25, 0.3) is 0 Å². The fraction of sp³-hybridized carbons (Fsp3) is 0.111. The Hall–Kier alpha value is -2.40. The molecule has 146 valence electrons. The fourth-order valence-electron chi connectivity index (χ4n) is 4.41. The first-order valence-electron chi connectivity index (χ1n) is 9.79. The average molecular weight is 417 g/mol. The van der Waals surface area contributed by atoms with Crippen molar-refractivity contribution >= 4 is 23.2 Å². The highest BCUT2D eigenvalue weighted by molar-refractivity contribution is 7.96. The van der Waals surface area contributed by atoms with Gasteiger partial charge in [0.15, 0.2) is 0 Å². The van der Waals surface area contributed by atoms with Crippen LogP contribution in [0.2, 0.25) is 0 Å². The highest BCUT2D eigenvalue weighted by atomic mass is 35.5. The Labute approximate surface area is 181 Å². The second-order valence-corrected chi connectivity index (χ2v) is 11.6. The van der Waals surface area contributed by atoms with E-state index in [1.807, 2.05) is 0 Å². The van der Waals surface area contributed by atoms with Crippen molar-refractivity contribution in [3.05, 3.63) is 127 Å². The van der Waals surface area contributed by atoms with E-state index in [1.54, 1.807) is 0 Å². The van der Waals surface area contributed by atoms with Crippen LogP contribution in [-0.4, -0.2) is 0 Å². The molecule has 2 heteroatoms. The molecular formula is C27H26ClP. The van der Waals surface area contributed by atoms with E-state index in [0.717, 1.165) is 0 Å². The molecular weight excluding hydrogens is 391 g/mol. The lowest BCUT2D eigenvalue weighted by atomic mass is 10.0. The summed E-state index contributed by atoms with van der Waals surface area (Å²) in [6.07, 6.45) is 0. The van der Waals surface area contributed by atoms with Crippen molar-refractivity contribution in [1.82, 2.24) is 0 Å². The smallest absolute Gasteiger partial charge is 0.121 e. The molecule has 0 saturated carbocycles. The molecule has 0 aromatic heterocycles. The van der Waals surface area contributed by atoms with E-state index < -0.39 is 7.26 Å². The van der Waals surface area contributed by atoms with Crippen molar-refractivity contribution in [3.8, 4) is 0 Å². The van der Waals surface area contributed by atoms with E-state index in [9.17, 15) is 0 Å². The van der Waals surface area contributed by atoms with Crippen molar-refractivity contribution in [2.75, 3.05) is 0 Å². The van der Waals surface area contributed by atoms with Gasteiger partial charge in [-0.05, 0) is 55.8 Å². The zero-order chi connectivity index (χ0) is 19.5. The summed E-state index contributed by atoms with van der Waals surface area (Å²) < 4.78 is 0. The fourth-order valence-corrected chi connectivity index (χ4v) is 9.64. The van der Waals surface area contributed by atoms with Gasteiger partial charge in [0.05, 0.1) is 0 Å². The van der Waals surface area contributed by atoms with Gasteiger partial charge in [-0.1, -0.05) is 84.9 Å². The molecule has 0 aliphatic heterocycles. The largest absolute Gasteiger partial charge is 1.00 e. The number of hydrogen-bond donors (Lipinski definition) is 0. The molecule has 0 spiro atoms. The maximum atomic E-state index is 2.42. The Balaban J connectivity index is 0.00000240. The van der Waals surface area contributed by atoms with E-state index in [-0.39, 0.29) is 17.6 Å². The molecule has 0 saturated heterocycles. The summed E-state index contributed by atoms with van der Waals surface area (Å²) >= 11 is 0. The maximum absolute atomic E-state index is 2.42. The predicted molar refractivity (Wildman–Crippen MR) is 125 cm³/mol. The molecule has 0 N–H and O–H groups in total. The van der Waals surface area contributed by atoms with E-state index in [1.165, 1.54) is 21.5 Å². The SMILES string of the molecule is CC(C)(c1ccccc1)[P+](c1ccccc1)(c1ccccc1)c1ccccc1.[Cl-]. The Bertz CT molecular complexity index is 916. The van der Waals surface area contributed by atoms with Crippen molar-refractivity contribution in [2.45, 2.75) is 19.0 Å². The van der Waals surface area contributed by atoms with Gasteiger partial charge >= 0.3 is 0 Å². The molecule has 4 rings (SSSR count). The summed E-state index contributed by atoms with van der Waals surface area (Å²) in [5, 5.41) is 4.18. The second kappa shape index (κ2) is 8.95. The third-order valence-electron chi connectivity index (χ3n) is 5.75. The van der Waals surface area contributed by atoms with Gasteiger partial charge < -0.3 is 12.4 Å². The number of benzene rings is 4. The second-order valence-electron chi connectivity index (χ2n) is 7.60. The molecule has 0 atom stereocenters. The zero-order valence-electron chi connectivity index (χ0n) is 16.9. The van der Waals surface area contributed by atoms with Gasteiger partial charge in [0.1, 0.15) is 28.3 Å². The van der Waals surface area contributed by atoms with Crippen LogP contribution in [0.25, 0.3) is 0 Å². The van der Waals surface area contributed by atoms with Crippen molar-refractivity contribution < 1.29 is 12.4 Å². The minimum atomic E-state index is -1.98. The van der Waals surface area contributed by atoms with Gasteiger partial charge in [0, 0.05) is 0 Å². The van der Waals surface area contributed by atoms with Gasteiger partial charge in [0.2, 0.25) is 0 Å². The van der Waals surface area contributed by atoms with E-state index in [0.29, 0.717) is 0 Å². The van der Waals surface area contributed by atoms with Crippen LogP contribution in [0, 0.1) is 0 Å². The normalized spacial score (nSPS) is 11.5. The lowest BCUT2D eigenvalue weighted by molar-refractivity contribution is -0.00000556. The summed E-state index contributed by atoms with van der Waals surface area (Å²) in [7, 11) is -1.98. The summed E-state index contributed by atoms with van der Waals surface area (Å²) in [5.74, 6) is 0. The first-order valence-corrected chi connectivity index (χ1v) is 11.6. The van der Waals surface area contributed by atoms with Crippen LogP contribution in [0.4, 0.5) is 0 Å². The van der Waals surface area contributed by atoms with Crippen molar-refractivity contribution in [3.63, 3.8) is 0 Å². The third kappa shape index (κ3) is 3.64. The standard InChI is InChI=1S/C27H26P.ClH/c1-27(2,23-15-7-3-8-16-23)28(24-17-9-4-10-18-24,25-19-11-5-12-20-25)26-21-13-6-14-22-26;/h3-22H,1-2H3;1H/q+1;/p-1. The third-order valence-corrected chi connectivity index (χ3v) is 10.9. The van der Waals surface area contributed by atoms with Crippen LogP contribution in [-0.2, 0) is 5.16 Å². The summed E-state index contributed by atoms with van der Waals surface area (Å²) in [6.45, 7) is 4.84. The average Bonchev–Trinajstić information content (AvgIpc) is 2.77. The first kappa shape index (κ1) is 21.3. The number of hydrogen-bond acceptors (Lipinski definition) is 0. The van der Waals surface area contributed by atoms with Crippen LogP contribution in [0.5, 0.6) is 0 Å². The van der Waals surface area contributed by atoms with Crippen LogP contribution < -0.4 is 28.3 Å². The number of halogens is 1. The molecule has 0 nitrogen and oxygen atoms in total. The van der Waals surface area contributed by atoms with E-state index >= 15 is 0 Å². The molecule has 0 bridgehead atoms. The molecule has 0 amide bonds. The maximum Gasteiger partial charge on any atom is 0.121 e. The highest BCUT2D eigenvalue weighted by Crippen LogP contribution is 2.69. The Morgan fingerprint density at radius 1 is 0.448 bits per heavy atom. The Morgan fingerprint density at radius 2 is 0.724 bits per heavy atom. The lowest BCUT2D eigenvalue weighted by Crippen LogP contribution is -3.00. The van der Waals surface area contributed by atoms with E-state index in [2.05, 4.69) is 135 Å². The van der Waals surface area contributed by atoms with Crippen molar-refractivity contribution in [1.29, 1.82) is 0 Å². The minimum Gasteiger partial charge on any atom is -1.00 e. The quantitative estimate of drug-likeness (QED) is 0.439. The molecule has 29 heavy (non-hydrogen) atoms. The Kier molecular flexibility index (Phi) is 6.58. The van der Waals surface area contributed by atoms with Gasteiger partial charge in [-0.15, -0.1) is 0 Å². The molecule has 0 unspecified atom stereocenters. The van der Waals surface area contributed by atoms with Crippen LogP contribution in [0.15, 0.2) is 121 Å². The zero-order valence-corrected chi connectivity index (χ0v) is 18.5. The molecule has 0 aliphatic carbocycles.